The Bertz CT molecular complexity index is 896. The second kappa shape index (κ2) is 9.05. The Labute approximate surface area is 161 Å². The molecule has 0 unspecified atom stereocenters. The Balaban J connectivity index is 1.56. The molecule has 0 spiro atoms. The van der Waals surface area contributed by atoms with E-state index in [9.17, 15) is 4.79 Å². The van der Waals surface area contributed by atoms with Crippen molar-refractivity contribution in [3.05, 3.63) is 64.6 Å². The van der Waals surface area contributed by atoms with Gasteiger partial charge in [0.15, 0.2) is 0 Å². The van der Waals surface area contributed by atoms with Crippen LogP contribution < -0.4 is 19.5 Å². The number of methoxy groups -OCH3 is 2. The molecule has 1 aromatic heterocycles. The zero-order valence-electron chi connectivity index (χ0n) is 15.1. The predicted octanol–water partition coefficient (Wildman–Crippen LogP) is 3.92. The van der Waals surface area contributed by atoms with Crippen LogP contribution in [0.5, 0.6) is 17.2 Å². The van der Waals surface area contributed by atoms with Crippen LogP contribution in [0, 0.1) is 0 Å². The highest BCUT2D eigenvalue weighted by Crippen LogP contribution is 2.29. The van der Waals surface area contributed by atoms with Crippen molar-refractivity contribution in [3.8, 4) is 17.2 Å². The van der Waals surface area contributed by atoms with Gasteiger partial charge in [-0.2, -0.15) is 0 Å². The summed E-state index contributed by atoms with van der Waals surface area (Å²) in [4.78, 5) is 16.8. The Morgan fingerprint density at radius 2 is 1.89 bits per heavy atom. The normalized spacial score (nSPS) is 10.3. The molecular weight excluding hydrogens is 364 g/mol. The zero-order chi connectivity index (χ0) is 19.1. The number of hydrogen-bond donors (Lipinski definition) is 1. The summed E-state index contributed by atoms with van der Waals surface area (Å²) >= 11 is 1.47. The number of ether oxygens (including phenoxy) is 3. The highest BCUT2D eigenvalue weighted by molar-refractivity contribution is 7.09. The highest BCUT2D eigenvalue weighted by atomic mass is 32.1. The van der Waals surface area contributed by atoms with Crippen LogP contribution in [0.2, 0.25) is 0 Å². The second-order valence-corrected chi connectivity index (χ2v) is 6.57. The highest BCUT2D eigenvalue weighted by Gasteiger charge is 2.12. The van der Waals surface area contributed by atoms with Crippen molar-refractivity contribution in [3.63, 3.8) is 0 Å². The van der Waals surface area contributed by atoms with Gasteiger partial charge in [0.2, 0.25) is 5.91 Å². The van der Waals surface area contributed by atoms with Crippen LogP contribution in [0.3, 0.4) is 0 Å². The molecule has 27 heavy (non-hydrogen) atoms. The van der Waals surface area contributed by atoms with E-state index >= 15 is 0 Å². The first-order valence-corrected chi connectivity index (χ1v) is 9.19. The van der Waals surface area contributed by atoms with Crippen LogP contribution in [0.15, 0.2) is 53.9 Å². The molecule has 0 atom stereocenters. The van der Waals surface area contributed by atoms with E-state index in [1.807, 2.05) is 35.7 Å². The molecule has 1 heterocycles. The van der Waals surface area contributed by atoms with E-state index < -0.39 is 0 Å². The van der Waals surface area contributed by atoms with E-state index in [2.05, 4.69) is 10.3 Å². The molecule has 0 aliphatic heterocycles. The molecule has 2 aromatic carbocycles. The lowest BCUT2D eigenvalue weighted by Crippen LogP contribution is -2.15. The van der Waals surface area contributed by atoms with Crippen molar-refractivity contribution < 1.29 is 19.0 Å². The smallest absolute Gasteiger partial charge is 0.230 e. The third-order valence-corrected chi connectivity index (χ3v) is 4.60. The minimum absolute atomic E-state index is 0.167. The SMILES string of the molecule is COc1ccc(NC(=O)Cc2csc(COc3ccccc3)n2)c(OC)c1. The summed E-state index contributed by atoms with van der Waals surface area (Å²) in [6.45, 7) is 0.378. The maximum atomic E-state index is 12.3. The van der Waals surface area contributed by atoms with E-state index in [4.69, 9.17) is 14.2 Å². The molecule has 1 N–H and O–H groups in total. The number of carbonyl (C=O) groups is 1. The topological polar surface area (TPSA) is 69.7 Å². The molecule has 3 aromatic rings. The molecule has 0 aliphatic rings. The van der Waals surface area contributed by atoms with Crippen LogP contribution in [0.1, 0.15) is 10.7 Å². The fourth-order valence-electron chi connectivity index (χ4n) is 2.42. The molecular formula is C20H20N2O4S. The Morgan fingerprint density at radius 3 is 2.63 bits per heavy atom. The summed E-state index contributed by atoms with van der Waals surface area (Å²) in [5, 5.41) is 5.53. The first-order valence-electron chi connectivity index (χ1n) is 8.31. The van der Waals surface area contributed by atoms with Gasteiger partial charge in [-0.1, -0.05) is 18.2 Å². The van der Waals surface area contributed by atoms with Crippen LogP contribution in [-0.2, 0) is 17.8 Å². The van der Waals surface area contributed by atoms with Gasteiger partial charge in [-0.05, 0) is 24.3 Å². The van der Waals surface area contributed by atoms with Gasteiger partial charge in [0.05, 0.1) is 32.0 Å². The lowest BCUT2D eigenvalue weighted by Gasteiger charge is -2.11. The van der Waals surface area contributed by atoms with Gasteiger partial charge in [-0.25, -0.2) is 4.98 Å². The third-order valence-electron chi connectivity index (χ3n) is 3.73. The lowest BCUT2D eigenvalue weighted by atomic mass is 10.2. The quantitative estimate of drug-likeness (QED) is 0.637. The molecule has 1 amide bonds. The largest absolute Gasteiger partial charge is 0.497 e. The molecule has 6 nitrogen and oxygen atoms in total. The maximum Gasteiger partial charge on any atom is 0.230 e. The van der Waals surface area contributed by atoms with Crippen LogP contribution in [0.25, 0.3) is 0 Å². The summed E-state index contributed by atoms with van der Waals surface area (Å²) in [5.74, 6) is 1.82. The molecule has 0 bridgehead atoms. The molecule has 0 aliphatic carbocycles. The van der Waals surface area contributed by atoms with Gasteiger partial charge >= 0.3 is 0 Å². The molecule has 140 valence electrons. The number of nitrogens with one attached hydrogen (secondary N) is 1. The number of carbonyl (C=O) groups excluding carboxylic acids is 1. The number of thiazole rings is 1. The van der Waals surface area contributed by atoms with Gasteiger partial charge in [-0.15, -0.1) is 11.3 Å². The lowest BCUT2D eigenvalue weighted by molar-refractivity contribution is -0.115. The standard InChI is InChI=1S/C20H20N2O4S/c1-24-16-8-9-17(18(11-16)25-2)22-19(23)10-14-13-27-20(21-14)12-26-15-6-4-3-5-7-15/h3-9,11,13H,10,12H2,1-2H3,(H,22,23). The molecule has 7 heteroatoms. The summed E-state index contributed by atoms with van der Waals surface area (Å²) in [7, 11) is 3.12. The Morgan fingerprint density at radius 1 is 1.07 bits per heavy atom. The fourth-order valence-corrected chi connectivity index (χ4v) is 3.12. The number of para-hydroxylation sites is 1. The number of aromatic nitrogens is 1. The summed E-state index contributed by atoms with van der Waals surface area (Å²) in [5.41, 5.74) is 1.29. The molecule has 0 radical (unpaired) electrons. The molecule has 0 saturated heterocycles. The number of anilines is 1. The van der Waals surface area contributed by atoms with Gasteiger partial charge in [0.25, 0.3) is 0 Å². The zero-order valence-corrected chi connectivity index (χ0v) is 15.9. The van der Waals surface area contributed by atoms with Crippen LogP contribution in [0.4, 0.5) is 5.69 Å². The third kappa shape index (κ3) is 5.21. The predicted molar refractivity (Wildman–Crippen MR) is 105 cm³/mol. The average molecular weight is 384 g/mol. The van der Waals surface area contributed by atoms with Crippen LogP contribution >= 0.6 is 11.3 Å². The maximum absolute atomic E-state index is 12.3. The van der Waals surface area contributed by atoms with Crippen molar-refractivity contribution in [2.24, 2.45) is 0 Å². The first kappa shape index (κ1) is 18.7. The molecule has 3 rings (SSSR count). The first-order chi connectivity index (χ1) is 13.2. The van der Waals surface area contributed by atoms with Crippen molar-refractivity contribution in [1.82, 2.24) is 4.98 Å². The van der Waals surface area contributed by atoms with E-state index in [-0.39, 0.29) is 12.3 Å². The van der Waals surface area contributed by atoms with Crippen molar-refractivity contribution in [2.75, 3.05) is 19.5 Å². The molecule has 0 saturated carbocycles. The Hall–Kier alpha value is -3.06. The Kier molecular flexibility index (Phi) is 6.27. The van der Waals surface area contributed by atoms with Gasteiger partial charge < -0.3 is 19.5 Å². The van der Waals surface area contributed by atoms with Gasteiger partial charge in [0, 0.05) is 11.4 Å². The van der Waals surface area contributed by atoms with Crippen molar-refractivity contribution in [1.29, 1.82) is 0 Å². The minimum Gasteiger partial charge on any atom is -0.497 e. The van der Waals surface area contributed by atoms with Crippen LogP contribution in [-0.4, -0.2) is 25.1 Å². The average Bonchev–Trinajstić information content (AvgIpc) is 3.14. The fraction of sp³-hybridized carbons (Fsp3) is 0.200. The van der Waals surface area contributed by atoms with Gasteiger partial charge in [-0.3, -0.25) is 4.79 Å². The number of rotatable bonds is 8. The number of benzene rings is 2. The van der Waals surface area contributed by atoms with Gasteiger partial charge in [0.1, 0.15) is 28.9 Å². The minimum atomic E-state index is -0.167. The van der Waals surface area contributed by atoms with E-state index in [1.165, 1.54) is 11.3 Å². The second-order valence-electron chi connectivity index (χ2n) is 5.63. The summed E-state index contributed by atoms with van der Waals surface area (Å²) < 4.78 is 16.1. The number of hydrogen-bond acceptors (Lipinski definition) is 6. The molecule has 0 fully saturated rings. The summed E-state index contributed by atoms with van der Waals surface area (Å²) in [6, 6.07) is 14.8. The van der Waals surface area contributed by atoms with E-state index in [0.717, 1.165) is 10.8 Å². The van der Waals surface area contributed by atoms with E-state index in [1.54, 1.807) is 32.4 Å². The number of nitrogens with zero attached hydrogens (tertiary/aromatic N) is 1. The van der Waals surface area contributed by atoms with Crippen molar-refractivity contribution >= 4 is 22.9 Å². The monoisotopic (exact) mass is 384 g/mol. The summed E-state index contributed by atoms with van der Waals surface area (Å²) in [6.07, 6.45) is 0.178. The van der Waals surface area contributed by atoms with Crippen molar-refractivity contribution in [2.45, 2.75) is 13.0 Å². The number of amides is 1. The van der Waals surface area contributed by atoms with E-state index in [0.29, 0.717) is 29.5 Å².